The van der Waals surface area contributed by atoms with Gasteiger partial charge in [0.1, 0.15) is 5.75 Å². The van der Waals surface area contributed by atoms with Gasteiger partial charge in [-0.2, -0.15) is 0 Å². The van der Waals surface area contributed by atoms with Gasteiger partial charge in [0.15, 0.2) is 0 Å². The van der Waals surface area contributed by atoms with Crippen molar-refractivity contribution in [3.05, 3.63) is 36.0 Å². The van der Waals surface area contributed by atoms with Gasteiger partial charge in [0, 0.05) is 12.7 Å². The van der Waals surface area contributed by atoms with E-state index in [0.717, 1.165) is 11.3 Å². The van der Waals surface area contributed by atoms with E-state index in [1.54, 1.807) is 20.1 Å². The van der Waals surface area contributed by atoms with Crippen LogP contribution in [0.3, 0.4) is 0 Å². The highest BCUT2D eigenvalue weighted by Gasteiger charge is 2.02. The van der Waals surface area contributed by atoms with Crippen LogP contribution in [0.4, 0.5) is 4.79 Å². The molecule has 0 saturated carbocycles. The fraction of sp³-hybridized carbons (Fsp3) is 0.333. The van der Waals surface area contributed by atoms with E-state index in [-0.39, 0.29) is 25.0 Å². The summed E-state index contributed by atoms with van der Waals surface area (Å²) in [6.45, 7) is 2.31. The molecule has 6 heteroatoms. The van der Waals surface area contributed by atoms with Gasteiger partial charge in [0.25, 0.3) is 0 Å². The lowest BCUT2D eigenvalue weighted by Crippen LogP contribution is -2.33. The zero-order chi connectivity index (χ0) is 15.5. The smallest absolute Gasteiger partial charge is 0.318 e. The van der Waals surface area contributed by atoms with Crippen LogP contribution < -0.4 is 15.4 Å². The van der Waals surface area contributed by atoms with Crippen LogP contribution >= 0.6 is 0 Å². The molecule has 0 spiro atoms. The molecule has 2 amide bonds. The van der Waals surface area contributed by atoms with Gasteiger partial charge >= 0.3 is 12.0 Å². The molecule has 0 fully saturated rings. The monoisotopic (exact) mass is 292 g/mol. The number of carbonyl (C=O) groups excluding carboxylic acids is 2. The number of amides is 2. The Morgan fingerprint density at radius 3 is 2.86 bits per heavy atom. The molecule has 1 aromatic rings. The molecule has 0 unspecified atom stereocenters. The predicted molar refractivity (Wildman–Crippen MR) is 79.8 cm³/mol. The molecule has 0 aliphatic heterocycles. The molecule has 21 heavy (non-hydrogen) atoms. The van der Waals surface area contributed by atoms with E-state index in [1.807, 2.05) is 24.3 Å². The first-order chi connectivity index (χ1) is 10.2. The molecule has 0 saturated heterocycles. The number of hydrogen-bond acceptors (Lipinski definition) is 4. The van der Waals surface area contributed by atoms with E-state index in [1.165, 1.54) is 6.20 Å². The Labute approximate surface area is 124 Å². The van der Waals surface area contributed by atoms with Crippen molar-refractivity contribution in [3.63, 3.8) is 0 Å². The van der Waals surface area contributed by atoms with Crippen LogP contribution in [-0.4, -0.2) is 32.3 Å². The molecule has 1 aromatic carbocycles. The van der Waals surface area contributed by atoms with Crippen molar-refractivity contribution in [1.82, 2.24) is 10.6 Å². The Hall–Kier alpha value is -2.50. The normalized spacial score (nSPS) is 10.2. The summed E-state index contributed by atoms with van der Waals surface area (Å²) in [6, 6.07) is 7.06. The van der Waals surface area contributed by atoms with E-state index >= 15 is 0 Å². The first kappa shape index (κ1) is 16.6. The fourth-order valence-electron chi connectivity index (χ4n) is 1.52. The molecule has 6 nitrogen and oxygen atoms in total. The fourth-order valence-corrected chi connectivity index (χ4v) is 1.52. The minimum Gasteiger partial charge on any atom is -0.497 e. The molecule has 0 bridgehead atoms. The Balaban J connectivity index is 2.28. The lowest BCUT2D eigenvalue weighted by Gasteiger charge is -2.04. The molecule has 0 atom stereocenters. The van der Waals surface area contributed by atoms with Crippen molar-refractivity contribution in [3.8, 4) is 5.75 Å². The summed E-state index contributed by atoms with van der Waals surface area (Å²) in [5.74, 6) is 0.417. The van der Waals surface area contributed by atoms with Crippen molar-refractivity contribution in [2.75, 3.05) is 20.3 Å². The van der Waals surface area contributed by atoms with Gasteiger partial charge in [-0.15, -0.1) is 0 Å². The maximum atomic E-state index is 11.4. The van der Waals surface area contributed by atoms with Crippen molar-refractivity contribution >= 4 is 18.1 Å². The number of hydrogen-bond donors (Lipinski definition) is 2. The van der Waals surface area contributed by atoms with Crippen LogP contribution in [-0.2, 0) is 9.53 Å². The first-order valence-corrected chi connectivity index (χ1v) is 6.66. The van der Waals surface area contributed by atoms with E-state index in [0.29, 0.717) is 6.61 Å². The molecule has 0 heterocycles. The average molecular weight is 292 g/mol. The molecule has 0 aromatic heterocycles. The molecule has 114 valence electrons. The van der Waals surface area contributed by atoms with Crippen molar-refractivity contribution in [2.45, 2.75) is 13.3 Å². The minimum absolute atomic E-state index is 0.154. The van der Waals surface area contributed by atoms with E-state index < -0.39 is 0 Å². The molecule has 0 aliphatic carbocycles. The lowest BCUT2D eigenvalue weighted by molar-refractivity contribution is -0.142. The van der Waals surface area contributed by atoms with Crippen LogP contribution in [0.15, 0.2) is 30.5 Å². The maximum absolute atomic E-state index is 11.4. The highest BCUT2D eigenvalue weighted by atomic mass is 16.5. The largest absolute Gasteiger partial charge is 0.497 e. The second-order valence-electron chi connectivity index (χ2n) is 4.07. The number of rotatable bonds is 7. The molecule has 0 aliphatic rings. The Kier molecular flexibility index (Phi) is 7.42. The quantitative estimate of drug-likeness (QED) is 0.753. The van der Waals surface area contributed by atoms with E-state index in [4.69, 9.17) is 9.47 Å². The Morgan fingerprint density at radius 2 is 2.14 bits per heavy atom. The minimum atomic E-state index is -0.376. The summed E-state index contributed by atoms with van der Waals surface area (Å²) in [5.41, 5.74) is 0.904. The van der Waals surface area contributed by atoms with Gasteiger partial charge in [0.2, 0.25) is 0 Å². The summed E-state index contributed by atoms with van der Waals surface area (Å²) in [6.07, 6.45) is 3.42. The van der Waals surface area contributed by atoms with Crippen molar-refractivity contribution < 1.29 is 19.1 Å². The van der Waals surface area contributed by atoms with E-state index in [9.17, 15) is 9.59 Å². The lowest BCUT2D eigenvalue weighted by atomic mass is 10.2. The third-order valence-corrected chi connectivity index (χ3v) is 2.50. The first-order valence-electron chi connectivity index (χ1n) is 6.66. The standard InChI is InChI=1S/C15H20N2O4/c1-3-21-14(18)8-10-17-15(19)16-9-7-12-5-4-6-13(11-12)20-2/h4-7,9,11H,3,8,10H2,1-2H3,(H2,16,17,19)/b9-7+. The third-order valence-electron chi connectivity index (χ3n) is 2.50. The Morgan fingerprint density at radius 1 is 1.33 bits per heavy atom. The summed E-state index contributed by atoms with van der Waals surface area (Å²) in [5, 5.41) is 5.10. The van der Waals surface area contributed by atoms with Crippen LogP contribution in [0.1, 0.15) is 18.9 Å². The molecular weight excluding hydrogens is 272 g/mol. The van der Waals surface area contributed by atoms with Gasteiger partial charge in [-0.3, -0.25) is 4.79 Å². The number of carbonyl (C=O) groups is 2. The molecule has 1 rings (SSSR count). The predicted octanol–water partition coefficient (Wildman–Crippen LogP) is 1.92. The van der Waals surface area contributed by atoms with Gasteiger partial charge in [0.05, 0.1) is 20.1 Å². The highest BCUT2D eigenvalue weighted by molar-refractivity contribution is 5.77. The van der Waals surface area contributed by atoms with Gasteiger partial charge in [-0.25, -0.2) is 4.79 Å². The zero-order valence-electron chi connectivity index (χ0n) is 12.2. The highest BCUT2D eigenvalue weighted by Crippen LogP contribution is 2.13. The number of nitrogens with one attached hydrogen (secondary N) is 2. The van der Waals surface area contributed by atoms with Gasteiger partial charge in [-0.05, 0) is 30.7 Å². The number of esters is 1. The van der Waals surface area contributed by atoms with Crippen molar-refractivity contribution in [2.24, 2.45) is 0 Å². The van der Waals surface area contributed by atoms with Crippen LogP contribution in [0.2, 0.25) is 0 Å². The third kappa shape index (κ3) is 7.00. The van der Waals surface area contributed by atoms with E-state index in [2.05, 4.69) is 10.6 Å². The number of urea groups is 1. The van der Waals surface area contributed by atoms with Crippen LogP contribution in [0.25, 0.3) is 6.08 Å². The zero-order valence-corrected chi connectivity index (χ0v) is 12.2. The number of benzene rings is 1. The molecule has 2 N–H and O–H groups in total. The molecule has 0 radical (unpaired) electrons. The number of methoxy groups -OCH3 is 1. The van der Waals surface area contributed by atoms with Crippen molar-refractivity contribution in [1.29, 1.82) is 0 Å². The summed E-state index contributed by atoms with van der Waals surface area (Å²) < 4.78 is 9.85. The topological polar surface area (TPSA) is 76.7 Å². The summed E-state index contributed by atoms with van der Waals surface area (Å²) in [4.78, 5) is 22.5. The van der Waals surface area contributed by atoms with Gasteiger partial charge < -0.3 is 20.1 Å². The van der Waals surface area contributed by atoms with Gasteiger partial charge in [-0.1, -0.05) is 12.1 Å². The average Bonchev–Trinajstić information content (AvgIpc) is 2.48. The Bertz CT molecular complexity index is 500. The maximum Gasteiger partial charge on any atom is 0.318 e. The summed E-state index contributed by atoms with van der Waals surface area (Å²) in [7, 11) is 1.60. The number of ether oxygens (including phenoxy) is 2. The van der Waals surface area contributed by atoms with Crippen LogP contribution in [0, 0.1) is 0 Å². The molecular formula is C15H20N2O4. The van der Waals surface area contributed by atoms with Crippen LogP contribution in [0.5, 0.6) is 5.75 Å². The second-order valence-corrected chi connectivity index (χ2v) is 4.07. The second kappa shape index (κ2) is 9.41. The summed E-state index contributed by atoms with van der Waals surface area (Å²) >= 11 is 0. The SMILES string of the molecule is CCOC(=O)CCNC(=O)N/C=C/c1cccc(OC)c1.